The third-order valence-corrected chi connectivity index (χ3v) is 4.97. The standard InChI is InChI=1S/C16H16ClFN6O4/c17-8-2-1-6(3-9(8)18)10(25)13-11(26)12(27)16(28-13)24-15-7(4-22-24)14(23-19)20-5-21-15/h1-5,10-13,16,25-27H,19H2,(H,20,21,23)/t10-,11+,12-,13-,16-/m1/s1. The maximum Gasteiger partial charge on any atom is 0.185 e. The largest absolute Gasteiger partial charge is 0.387 e. The van der Waals surface area contributed by atoms with Crippen LogP contribution in [-0.2, 0) is 4.74 Å². The number of hydrogen-bond acceptors (Lipinski definition) is 8. The van der Waals surface area contributed by atoms with E-state index in [1.807, 2.05) is 0 Å². The Bertz CT molecular complexity index is 1090. The normalized spacial score (nSPS) is 26.8. The average molecular weight is 411 g/mol. The molecule has 28 heavy (non-hydrogen) atoms. The van der Waals surface area contributed by atoms with Crippen LogP contribution in [0.2, 0.25) is 5.02 Å². The fourth-order valence-electron chi connectivity index (χ4n) is 3.22. The maximum absolute atomic E-state index is 13.7. The summed E-state index contributed by atoms with van der Waals surface area (Å²) >= 11 is 5.65. The number of benzene rings is 1. The summed E-state index contributed by atoms with van der Waals surface area (Å²) in [5, 5.41) is 39.5. The van der Waals surface area contributed by atoms with Gasteiger partial charge < -0.3 is 30.9 Å². The van der Waals surface area contributed by atoms with E-state index in [-0.39, 0.29) is 16.1 Å². The number of H-pyrrole nitrogens is 1. The van der Waals surface area contributed by atoms with Crippen molar-refractivity contribution >= 4 is 22.6 Å². The van der Waals surface area contributed by atoms with Gasteiger partial charge in [0.25, 0.3) is 0 Å². The molecule has 10 nitrogen and oxygen atoms in total. The fourth-order valence-corrected chi connectivity index (χ4v) is 3.34. The minimum Gasteiger partial charge on any atom is -0.387 e. The molecule has 3 heterocycles. The van der Waals surface area contributed by atoms with Crippen molar-refractivity contribution in [1.82, 2.24) is 19.7 Å². The van der Waals surface area contributed by atoms with Gasteiger partial charge in [-0.25, -0.2) is 14.1 Å². The summed E-state index contributed by atoms with van der Waals surface area (Å²) in [4.78, 5) is 6.81. The second-order valence-corrected chi connectivity index (χ2v) is 6.70. The van der Waals surface area contributed by atoms with E-state index in [0.29, 0.717) is 11.0 Å². The van der Waals surface area contributed by atoms with Gasteiger partial charge in [0.1, 0.15) is 35.9 Å². The van der Waals surface area contributed by atoms with Crippen LogP contribution in [0.3, 0.4) is 0 Å². The van der Waals surface area contributed by atoms with Crippen molar-refractivity contribution in [2.45, 2.75) is 30.6 Å². The van der Waals surface area contributed by atoms with E-state index in [4.69, 9.17) is 22.2 Å². The van der Waals surface area contributed by atoms with Crippen LogP contribution in [0.25, 0.3) is 11.0 Å². The number of fused-ring (bicyclic) bond motifs is 1. The first-order chi connectivity index (χ1) is 13.4. The average Bonchev–Trinajstić information content (AvgIpc) is 3.25. The number of nitrogens with two attached hydrogens (primary N) is 1. The molecule has 0 bridgehead atoms. The van der Waals surface area contributed by atoms with Crippen LogP contribution in [0.15, 0.2) is 35.8 Å². The molecule has 0 unspecified atom stereocenters. The highest BCUT2D eigenvalue weighted by Crippen LogP contribution is 2.37. The van der Waals surface area contributed by atoms with Crippen LogP contribution >= 0.6 is 11.6 Å². The molecule has 0 saturated carbocycles. The number of nitrogens with one attached hydrogen (secondary N) is 1. The van der Waals surface area contributed by atoms with Crippen molar-refractivity contribution in [2.75, 3.05) is 0 Å². The molecule has 0 radical (unpaired) electrons. The number of nitrogens with zero attached hydrogens (tertiary/aromatic N) is 4. The van der Waals surface area contributed by atoms with E-state index in [9.17, 15) is 19.7 Å². The molecule has 1 saturated heterocycles. The van der Waals surface area contributed by atoms with Crippen LogP contribution in [0.5, 0.6) is 0 Å². The molecular weight excluding hydrogens is 395 g/mol. The molecule has 5 atom stereocenters. The van der Waals surface area contributed by atoms with Crippen LogP contribution in [-0.4, -0.2) is 53.4 Å². The van der Waals surface area contributed by atoms with Crippen molar-refractivity contribution in [3.63, 3.8) is 0 Å². The first-order valence-corrected chi connectivity index (χ1v) is 8.59. The van der Waals surface area contributed by atoms with E-state index in [1.165, 1.54) is 29.3 Å². The highest BCUT2D eigenvalue weighted by molar-refractivity contribution is 6.30. The van der Waals surface area contributed by atoms with Gasteiger partial charge in [0.15, 0.2) is 11.7 Å². The number of ether oxygens (including phenoxy) is 1. The third kappa shape index (κ3) is 2.93. The summed E-state index contributed by atoms with van der Waals surface area (Å²) in [5.74, 6) is 4.57. The number of aliphatic hydroxyl groups is 3. The number of aliphatic hydroxyl groups excluding tert-OH is 3. The van der Waals surface area contributed by atoms with Gasteiger partial charge in [-0.1, -0.05) is 17.7 Å². The van der Waals surface area contributed by atoms with Crippen molar-refractivity contribution in [3.05, 3.63) is 52.6 Å². The molecule has 0 spiro atoms. The summed E-state index contributed by atoms with van der Waals surface area (Å²) in [7, 11) is 0. The number of aromatic nitrogens is 4. The molecular formula is C16H16ClFN6O4. The number of aromatic amines is 1. The van der Waals surface area contributed by atoms with E-state index in [1.54, 1.807) is 0 Å². The van der Waals surface area contributed by atoms with Crippen molar-refractivity contribution in [2.24, 2.45) is 10.9 Å². The number of halogens is 2. The highest BCUT2D eigenvalue weighted by atomic mass is 35.5. The Hall–Kier alpha value is -2.57. The molecule has 1 fully saturated rings. The Morgan fingerprint density at radius 2 is 2.14 bits per heavy atom. The van der Waals surface area contributed by atoms with Crippen molar-refractivity contribution in [1.29, 1.82) is 0 Å². The molecule has 1 aliphatic heterocycles. The van der Waals surface area contributed by atoms with E-state index < -0.39 is 36.5 Å². The monoisotopic (exact) mass is 410 g/mol. The van der Waals surface area contributed by atoms with Crippen LogP contribution in [0.4, 0.5) is 4.39 Å². The summed E-state index contributed by atoms with van der Waals surface area (Å²) in [6, 6.07) is 3.73. The topological polar surface area (TPSA) is 155 Å². The smallest absolute Gasteiger partial charge is 0.185 e. The van der Waals surface area contributed by atoms with Gasteiger partial charge in [0.05, 0.1) is 22.9 Å². The molecule has 0 aliphatic carbocycles. The van der Waals surface area contributed by atoms with Gasteiger partial charge in [0.2, 0.25) is 0 Å². The summed E-state index contributed by atoms with van der Waals surface area (Å²) in [6.45, 7) is 0. The molecule has 2 aromatic heterocycles. The number of rotatable bonds is 3. The lowest BCUT2D eigenvalue weighted by Crippen LogP contribution is -2.35. The molecule has 3 aromatic rings. The van der Waals surface area contributed by atoms with Crippen molar-refractivity contribution < 1.29 is 24.4 Å². The molecule has 12 heteroatoms. The zero-order valence-corrected chi connectivity index (χ0v) is 14.9. The Labute approximate surface area is 161 Å². The van der Waals surface area contributed by atoms with Gasteiger partial charge >= 0.3 is 0 Å². The molecule has 148 valence electrons. The molecule has 1 aromatic carbocycles. The Morgan fingerprint density at radius 1 is 1.36 bits per heavy atom. The van der Waals surface area contributed by atoms with Gasteiger partial charge in [-0.2, -0.15) is 10.2 Å². The number of hydrogen-bond donors (Lipinski definition) is 5. The van der Waals surface area contributed by atoms with Gasteiger partial charge in [-0.05, 0) is 17.7 Å². The van der Waals surface area contributed by atoms with Crippen LogP contribution in [0.1, 0.15) is 17.9 Å². The van der Waals surface area contributed by atoms with Gasteiger partial charge in [0, 0.05) is 0 Å². The SMILES string of the molecule is NN=c1nc[nH]c2c1cnn2[C@@H]1O[C@H]([C@H](O)c2ccc(Cl)c(F)c2)[C@@H](O)[C@H]1O. The lowest BCUT2D eigenvalue weighted by Gasteiger charge is -2.21. The Morgan fingerprint density at radius 3 is 2.86 bits per heavy atom. The second-order valence-electron chi connectivity index (χ2n) is 6.30. The highest BCUT2D eigenvalue weighted by Gasteiger charge is 2.48. The van der Waals surface area contributed by atoms with Crippen LogP contribution < -0.4 is 11.3 Å². The fraction of sp³-hybridized carbons (Fsp3) is 0.312. The first-order valence-electron chi connectivity index (χ1n) is 8.21. The lowest BCUT2D eigenvalue weighted by molar-refractivity contribution is -0.0884. The molecule has 6 N–H and O–H groups in total. The van der Waals surface area contributed by atoms with Crippen molar-refractivity contribution in [3.8, 4) is 0 Å². The minimum absolute atomic E-state index is 0.102. The molecule has 0 amide bonds. The van der Waals surface area contributed by atoms with Gasteiger partial charge in [-0.3, -0.25) is 0 Å². The predicted octanol–water partition coefficient (Wildman–Crippen LogP) is -0.321. The molecule has 4 rings (SSSR count). The van der Waals surface area contributed by atoms with Gasteiger partial charge in [-0.15, -0.1) is 0 Å². The summed E-state index contributed by atoms with van der Waals surface area (Å²) in [5.41, 5.74) is 0.758. The molecule has 1 aliphatic rings. The Kier molecular flexibility index (Phi) is 4.77. The van der Waals surface area contributed by atoms with E-state index >= 15 is 0 Å². The lowest BCUT2D eigenvalue weighted by atomic mass is 9.99. The quantitative estimate of drug-likeness (QED) is 0.292. The minimum atomic E-state index is -1.46. The van der Waals surface area contributed by atoms with E-state index in [2.05, 4.69) is 20.2 Å². The summed E-state index contributed by atoms with van der Waals surface area (Å²) in [6.07, 6.45) is -3.89. The maximum atomic E-state index is 13.7. The second kappa shape index (κ2) is 7.11. The van der Waals surface area contributed by atoms with Crippen LogP contribution in [0, 0.1) is 5.82 Å². The first kappa shape index (κ1) is 18.8. The zero-order chi connectivity index (χ0) is 20.0. The summed E-state index contributed by atoms with van der Waals surface area (Å²) < 4.78 is 20.7. The predicted molar refractivity (Wildman–Crippen MR) is 93.9 cm³/mol. The van der Waals surface area contributed by atoms with E-state index in [0.717, 1.165) is 6.07 Å². The zero-order valence-electron chi connectivity index (χ0n) is 14.1. The third-order valence-electron chi connectivity index (χ3n) is 4.66. The Balaban J connectivity index is 1.67.